The Morgan fingerprint density at radius 3 is 2.63 bits per heavy atom. The van der Waals surface area contributed by atoms with Crippen molar-refractivity contribution in [3.05, 3.63) is 70.3 Å². The van der Waals surface area contributed by atoms with E-state index < -0.39 is 26.8 Å². The summed E-state index contributed by atoms with van der Waals surface area (Å²) in [7, 11) is -3.95. The Hall–Kier alpha value is -1.93. The lowest BCUT2D eigenvalue weighted by atomic mass is 9.64. The van der Waals surface area contributed by atoms with Gasteiger partial charge < -0.3 is 20.1 Å². The highest BCUT2D eigenvalue weighted by Crippen LogP contribution is 2.53. The minimum absolute atomic E-state index is 0.0302. The first-order valence-corrected chi connectivity index (χ1v) is 25.4. The van der Waals surface area contributed by atoms with E-state index in [0.29, 0.717) is 31.9 Å². The summed E-state index contributed by atoms with van der Waals surface area (Å²) >= 11 is 10.2. The normalized spacial score (nSPS) is 35.1. The summed E-state index contributed by atoms with van der Waals surface area (Å²) in [5.74, 6) is 2.18. The van der Waals surface area contributed by atoms with E-state index >= 15 is 0 Å². The van der Waals surface area contributed by atoms with E-state index in [1.165, 1.54) is 56.6 Å². The Morgan fingerprint density at radius 1 is 1.00 bits per heavy atom. The van der Waals surface area contributed by atoms with Crippen molar-refractivity contribution in [1.82, 2.24) is 14.9 Å². The van der Waals surface area contributed by atoms with Crippen LogP contribution in [0.15, 0.2) is 48.6 Å². The lowest BCUT2D eigenvalue weighted by Crippen LogP contribution is -2.55. The largest absolute Gasteiger partial charge is 0.490 e. The predicted octanol–water partition coefficient (Wildman–Crippen LogP) is 7.25. The molecule has 312 valence electrons. The second-order valence-electron chi connectivity index (χ2n) is 17.7. The Morgan fingerprint density at radius 2 is 1.84 bits per heavy atom. The lowest BCUT2D eigenvalue weighted by Gasteiger charge is -2.51. The molecule has 13 heteroatoms. The van der Waals surface area contributed by atoms with Gasteiger partial charge in [-0.15, -0.1) is 23.5 Å². The van der Waals surface area contributed by atoms with Gasteiger partial charge in [-0.05, 0) is 142 Å². The number of thioether (sulfide) groups is 2. The molecule has 5 heterocycles. The molecule has 1 amide bonds. The number of piperidine rings is 1. The number of piperazine rings is 1. The van der Waals surface area contributed by atoms with E-state index in [1.807, 2.05) is 54.7 Å². The van der Waals surface area contributed by atoms with E-state index in [-0.39, 0.29) is 33.3 Å². The van der Waals surface area contributed by atoms with Gasteiger partial charge in [0.2, 0.25) is 10.0 Å². The molecule has 2 aromatic carbocycles. The Balaban J connectivity index is 0.000000394. The van der Waals surface area contributed by atoms with Crippen molar-refractivity contribution in [3.8, 4) is 5.75 Å². The number of fused-ring (bicyclic) bond motifs is 5. The first kappa shape index (κ1) is 41.8. The van der Waals surface area contributed by atoms with Crippen LogP contribution in [0.2, 0.25) is 5.02 Å². The summed E-state index contributed by atoms with van der Waals surface area (Å²) in [4.78, 5) is 18.5. The molecule has 3 saturated heterocycles. The van der Waals surface area contributed by atoms with Crippen molar-refractivity contribution in [2.75, 3.05) is 62.3 Å². The topological polar surface area (TPSA) is 111 Å². The van der Waals surface area contributed by atoms with Gasteiger partial charge in [0, 0.05) is 54.8 Å². The third kappa shape index (κ3) is 8.80. The zero-order valence-corrected chi connectivity index (χ0v) is 36.8. The number of rotatable bonds is 1. The number of nitrogens with zero attached hydrogens (tertiary/aromatic N) is 2. The van der Waals surface area contributed by atoms with Crippen LogP contribution in [0.3, 0.4) is 0 Å². The standard InChI is InChI=1S/C36H45ClN2O5S3.C8H16N2/c1-23-6-3-15-36(41,34-45-16-5-17-46-34)30-11-8-27(30)20-39-21-35(14-4-7-25-18-28(37)10-12-29(25)35)22-44-32-13-9-26(19-31(32)39)33(40)38-47(42,43)24(23)2;1-2-5-10-6-4-9-7-8(10)3-1/h3,9-10,12-13,15,18-19,23-24,27,30,34,41H,4-8,11,14,16-17,20-22H2,1-2H3,(H,38,40);8-9H,1-7H2/b15-3+;/t23-,24+,27-,30+,35-,36-;8-/m01/s1. The molecule has 7 atom stereocenters. The van der Waals surface area contributed by atoms with Crippen LogP contribution in [-0.4, -0.2) is 103 Å². The second-order valence-corrected chi connectivity index (χ2v) is 22.9. The molecular weight excluding hydrogens is 796 g/mol. The number of allylic oxidation sites excluding steroid dienone is 1. The zero-order chi connectivity index (χ0) is 39.8. The third-order valence-electron chi connectivity index (χ3n) is 14.1. The predicted molar refractivity (Wildman–Crippen MR) is 236 cm³/mol. The Kier molecular flexibility index (Phi) is 12.9. The van der Waals surface area contributed by atoms with Crippen molar-refractivity contribution < 1.29 is 23.1 Å². The van der Waals surface area contributed by atoms with Gasteiger partial charge in [0.25, 0.3) is 5.91 Å². The quantitative estimate of drug-likeness (QED) is 0.254. The minimum atomic E-state index is -3.95. The molecule has 4 fully saturated rings. The van der Waals surface area contributed by atoms with Crippen LogP contribution in [0.4, 0.5) is 5.69 Å². The highest BCUT2D eigenvalue weighted by Gasteiger charge is 2.52. The first-order chi connectivity index (χ1) is 27.5. The SMILES string of the molecule is C1CCN2CCNC[C@H]2C1.C[C@@H]1[C@@H](C)C/C=C/[C@@](O)(C2SCCCS2)[C@@H]2CC[C@H]2CN2C[C@@]3(CCCc4cc(Cl)ccc43)COc3ccc(cc32)C(=O)NS1(=O)=O. The highest BCUT2D eigenvalue weighted by molar-refractivity contribution is 8.17. The Labute approximate surface area is 353 Å². The number of benzene rings is 2. The maximum atomic E-state index is 13.5. The van der Waals surface area contributed by atoms with E-state index in [0.717, 1.165) is 66.8 Å². The molecular formula is C44H61ClN4O5S3. The van der Waals surface area contributed by atoms with Crippen LogP contribution in [0.1, 0.15) is 93.1 Å². The van der Waals surface area contributed by atoms with Crippen molar-refractivity contribution in [1.29, 1.82) is 0 Å². The van der Waals surface area contributed by atoms with Gasteiger partial charge in [0.15, 0.2) is 0 Å². The van der Waals surface area contributed by atoms with E-state index in [4.69, 9.17) is 16.3 Å². The van der Waals surface area contributed by atoms with Gasteiger partial charge in [0.05, 0.1) is 22.1 Å². The van der Waals surface area contributed by atoms with Crippen LogP contribution in [-0.2, 0) is 21.9 Å². The van der Waals surface area contributed by atoms with Gasteiger partial charge in [-0.3, -0.25) is 9.69 Å². The number of aliphatic hydroxyl groups is 1. The third-order valence-corrected chi connectivity index (χ3v) is 19.5. The molecule has 0 radical (unpaired) electrons. The van der Waals surface area contributed by atoms with Crippen molar-refractivity contribution in [2.24, 2.45) is 17.8 Å². The minimum Gasteiger partial charge on any atom is -0.490 e. The van der Waals surface area contributed by atoms with Gasteiger partial charge in [-0.25, -0.2) is 13.1 Å². The molecule has 5 aliphatic heterocycles. The maximum Gasteiger partial charge on any atom is 0.264 e. The molecule has 0 aromatic heterocycles. The summed E-state index contributed by atoms with van der Waals surface area (Å²) in [5.41, 5.74) is 2.32. The maximum absolute atomic E-state index is 13.5. The number of ether oxygens (including phenoxy) is 1. The highest BCUT2D eigenvalue weighted by atomic mass is 35.5. The number of amides is 1. The lowest BCUT2D eigenvalue weighted by molar-refractivity contribution is -0.0333. The number of nitrogens with one attached hydrogen (secondary N) is 2. The van der Waals surface area contributed by atoms with Gasteiger partial charge in [-0.2, -0.15) is 0 Å². The first-order valence-electron chi connectivity index (χ1n) is 21.4. The summed E-state index contributed by atoms with van der Waals surface area (Å²) in [6, 6.07) is 12.4. The number of aryl methyl sites for hydroxylation is 1. The fraction of sp³-hybridized carbons (Fsp3) is 0.659. The summed E-state index contributed by atoms with van der Waals surface area (Å²) in [5, 5.41) is 16.0. The molecule has 1 saturated carbocycles. The molecule has 9 nitrogen and oxygen atoms in total. The van der Waals surface area contributed by atoms with Crippen LogP contribution in [0, 0.1) is 17.8 Å². The number of hydrogen-bond donors (Lipinski definition) is 3. The number of carbonyl (C=O) groups is 1. The second kappa shape index (κ2) is 17.6. The van der Waals surface area contributed by atoms with E-state index in [1.54, 1.807) is 19.1 Å². The fourth-order valence-electron chi connectivity index (χ4n) is 10.4. The molecule has 2 bridgehead atoms. The molecule has 9 rings (SSSR count). The monoisotopic (exact) mass is 856 g/mol. The van der Waals surface area contributed by atoms with Crippen LogP contribution < -0.4 is 19.7 Å². The molecule has 2 aromatic rings. The molecule has 7 aliphatic rings. The number of sulfonamides is 1. The summed E-state index contributed by atoms with van der Waals surface area (Å²) in [6.45, 7) is 10.5. The Bertz CT molecular complexity index is 1890. The number of hydrogen-bond acceptors (Lipinski definition) is 10. The van der Waals surface area contributed by atoms with Gasteiger partial charge in [0.1, 0.15) is 11.4 Å². The van der Waals surface area contributed by atoms with Crippen molar-refractivity contribution in [2.45, 2.75) is 105 Å². The van der Waals surface area contributed by atoms with E-state index in [2.05, 4.69) is 32.0 Å². The smallest absolute Gasteiger partial charge is 0.264 e. The van der Waals surface area contributed by atoms with Gasteiger partial charge >= 0.3 is 0 Å². The molecule has 0 unspecified atom stereocenters. The number of halogens is 1. The molecule has 2 aliphatic carbocycles. The van der Waals surface area contributed by atoms with E-state index in [9.17, 15) is 18.3 Å². The van der Waals surface area contributed by atoms with Crippen molar-refractivity contribution >= 4 is 56.7 Å². The number of carbonyl (C=O) groups excluding carboxylic acids is 1. The van der Waals surface area contributed by atoms with Crippen LogP contribution in [0.25, 0.3) is 0 Å². The molecule has 3 N–H and O–H groups in total. The average molecular weight is 858 g/mol. The fourth-order valence-corrected chi connectivity index (χ4v) is 15.1. The van der Waals surface area contributed by atoms with Crippen LogP contribution >= 0.6 is 35.1 Å². The average Bonchev–Trinajstić information content (AvgIpc) is 3.35. The molecule has 57 heavy (non-hydrogen) atoms. The molecule has 1 spiro atoms. The zero-order valence-electron chi connectivity index (χ0n) is 33.6. The van der Waals surface area contributed by atoms with Gasteiger partial charge in [-0.1, -0.05) is 43.2 Å². The summed E-state index contributed by atoms with van der Waals surface area (Å²) < 4.78 is 35.9. The number of anilines is 1. The summed E-state index contributed by atoms with van der Waals surface area (Å²) in [6.07, 6.45) is 14.8. The van der Waals surface area contributed by atoms with Crippen LogP contribution in [0.5, 0.6) is 5.75 Å². The van der Waals surface area contributed by atoms with Crippen molar-refractivity contribution in [3.63, 3.8) is 0 Å².